The summed E-state index contributed by atoms with van der Waals surface area (Å²) in [6, 6.07) is 10.3. The van der Waals surface area contributed by atoms with Gasteiger partial charge in [-0.25, -0.2) is 9.37 Å². The smallest absolute Gasteiger partial charge is 0.222 e. The van der Waals surface area contributed by atoms with E-state index in [0.717, 1.165) is 73.8 Å². The molecule has 0 saturated carbocycles. The molecule has 1 atom stereocenters. The van der Waals surface area contributed by atoms with Crippen molar-refractivity contribution in [3.8, 4) is 5.75 Å². The molecule has 37 heavy (non-hydrogen) atoms. The van der Waals surface area contributed by atoms with E-state index in [0.29, 0.717) is 30.6 Å². The second kappa shape index (κ2) is 10.4. The number of carbonyl (C=O) groups excluding carboxylic acids is 1. The average molecular weight is 502 g/mol. The predicted octanol–water partition coefficient (Wildman–Crippen LogP) is 5.17. The average Bonchev–Trinajstić information content (AvgIpc) is 3.42. The minimum absolute atomic E-state index is 0.263. The Bertz CT molecular complexity index is 1380. The van der Waals surface area contributed by atoms with Crippen molar-refractivity contribution in [1.82, 2.24) is 19.9 Å². The molecule has 0 bridgehead atoms. The third-order valence-corrected chi connectivity index (χ3v) is 7.86. The Labute approximate surface area is 215 Å². The molecule has 0 radical (unpaired) electrons. The van der Waals surface area contributed by atoms with Gasteiger partial charge in [0.25, 0.3) is 0 Å². The molecule has 4 aromatic rings. The number of rotatable bonds is 6. The van der Waals surface area contributed by atoms with Gasteiger partial charge in [-0.15, -0.1) is 0 Å². The van der Waals surface area contributed by atoms with Crippen molar-refractivity contribution in [1.29, 1.82) is 0 Å². The molecule has 2 aliphatic rings. The van der Waals surface area contributed by atoms with Gasteiger partial charge in [0, 0.05) is 67.4 Å². The number of halogens is 1. The molecule has 192 valence electrons. The van der Waals surface area contributed by atoms with E-state index in [2.05, 4.69) is 32.0 Å². The number of amides is 1. The number of fused-ring (bicyclic) bond motifs is 3. The van der Waals surface area contributed by atoms with Crippen molar-refractivity contribution in [3.05, 3.63) is 60.8 Å². The van der Waals surface area contributed by atoms with E-state index >= 15 is 0 Å². The number of pyridine rings is 2. The van der Waals surface area contributed by atoms with Crippen molar-refractivity contribution in [2.24, 2.45) is 11.8 Å². The van der Waals surface area contributed by atoms with Gasteiger partial charge in [-0.05, 0) is 68.0 Å². The number of hydrogen-bond donors (Lipinski definition) is 1. The molecule has 8 heteroatoms. The Hall–Kier alpha value is -3.68. The van der Waals surface area contributed by atoms with Crippen molar-refractivity contribution in [2.75, 3.05) is 37.7 Å². The molecule has 2 saturated heterocycles. The highest BCUT2D eigenvalue weighted by Crippen LogP contribution is 2.34. The molecule has 1 amide bonds. The maximum absolute atomic E-state index is 13.2. The summed E-state index contributed by atoms with van der Waals surface area (Å²) in [4.78, 5) is 29.9. The summed E-state index contributed by atoms with van der Waals surface area (Å²) in [5, 5.41) is 2.24. The number of ether oxygens (including phenoxy) is 1. The zero-order valence-corrected chi connectivity index (χ0v) is 20.9. The summed E-state index contributed by atoms with van der Waals surface area (Å²) in [5.41, 5.74) is 2.98. The summed E-state index contributed by atoms with van der Waals surface area (Å²) < 4.78 is 19.0. The number of aromatic amines is 1. The molecule has 7 nitrogen and oxygen atoms in total. The van der Waals surface area contributed by atoms with Gasteiger partial charge in [0.2, 0.25) is 5.91 Å². The molecule has 0 aliphatic carbocycles. The highest BCUT2D eigenvalue weighted by atomic mass is 19.1. The topological polar surface area (TPSA) is 74.4 Å². The SMILES string of the molecule is O=C(CC1CCN(c2ccnc3cnc4[nH]ccc4c23)CC1)N1CCCC(COc2ccc(F)cc2)C1. The predicted molar refractivity (Wildman–Crippen MR) is 142 cm³/mol. The Morgan fingerprint density at radius 3 is 2.70 bits per heavy atom. The number of carbonyl (C=O) groups is 1. The lowest BCUT2D eigenvalue weighted by atomic mass is 9.91. The minimum Gasteiger partial charge on any atom is -0.493 e. The van der Waals surface area contributed by atoms with Gasteiger partial charge in [-0.1, -0.05) is 0 Å². The van der Waals surface area contributed by atoms with Crippen LogP contribution in [0.4, 0.5) is 10.1 Å². The van der Waals surface area contributed by atoms with Crippen molar-refractivity contribution in [2.45, 2.75) is 32.1 Å². The van der Waals surface area contributed by atoms with Crippen LogP contribution in [0.3, 0.4) is 0 Å². The summed E-state index contributed by atoms with van der Waals surface area (Å²) in [6.07, 6.45) is 10.3. The fourth-order valence-electron chi connectivity index (χ4n) is 5.83. The van der Waals surface area contributed by atoms with Gasteiger partial charge >= 0.3 is 0 Å². The number of benzene rings is 1. The van der Waals surface area contributed by atoms with Crippen LogP contribution in [0.5, 0.6) is 5.75 Å². The fourth-order valence-corrected chi connectivity index (χ4v) is 5.83. The molecule has 5 heterocycles. The van der Waals surface area contributed by atoms with Crippen LogP contribution in [0.25, 0.3) is 21.9 Å². The van der Waals surface area contributed by atoms with Crippen LogP contribution in [0, 0.1) is 17.7 Å². The van der Waals surface area contributed by atoms with Crippen LogP contribution in [0.1, 0.15) is 32.1 Å². The number of piperidine rings is 2. The number of aromatic nitrogens is 3. The van der Waals surface area contributed by atoms with E-state index in [9.17, 15) is 9.18 Å². The minimum atomic E-state index is -0.267. The summed E-state index contributed by atoms with van der Waals surface area (Å²) in [6.45, 7) is 3.98. The van der Waals surface area contributed by atoms with Crippen LogP contribution in [-0.2, 0) is 4.79 Å². The van der Waals surface area contributed by atoms with E-state index in [1.165, 1.54) is 17.8 Å². The van der Waals surface area contributed by atoms with E-state index in [4.69, 9.17) is 4.74 Å². The first-order chi connectivity index (χ1) is 18.1. The van der Waals surface area contributed by atoms with Crippen LogP contribution in [-0.4, -0.2) is 58.5 Å². The monoisotopic (exact) mass is 501 g/mol. The van der Waals surface area contributed by atoms with Gasteiger partial charge in [-0.3, -0.25) is 9.78 Å². The number of likely N-dealkylation sites (tertiary alicyclic amines) is 1. The molecule has 2 aliphatic heterocycles. The van der Waals surface area contributed by atoms with Gasteiger partial charge < -0.3 is 19.5 Å². The number of nitrogens with zero attached hydrogens (tertiary/aromatic N) is 4. The third kappa shape index (κ3) is 5.10. The van der Waals surface area contributed by atoms with Crippen LogP contribution < -0.4 is 9.64 Å². The van der Waals surface area contributed by atoms with Crippen LogP contribution in [0.2, 0.25) is 0 Å². The van der Waals surface area contributed by atoms with Crippen LogP contribution in [0.15, 0.2) is 55.0 Å². The zero-order chi connectivity index (χ0) is 25.2. The van der Waals surface area contributed by atoms with Crippen molar-refractivity contribution >= 4 is 33.5 Å². The lowest BCUT2D eigenvalue weighted by Gasteiger charge is -2.36. The van der Waals surface area contributed by atoms with Crippen molar-refractivity contribution < 1.29 is 13.9 Å². The van der Waals surface area contributed by atoms with E-state index in [1.54, 1.807) is 12.1 Å². The zero-order valence-electron chi connectivity index (χ0n) is 20.9. The molecular formula is C29H32FN5O2. The maximum Gasteiger partial charge on any atom is 0.222 e. The Kier molecular flexibility index (Phi) is 6.64. The molecule has 1 aromatic carbocycles. The lowest BCUT2D eigenvalue weighted by Crippen LogP contribution is -2.43. The highest BCUT2D eigenvalue weighted by Gasteiger charge is 2.28. The second-order valence-electron chi connectivity index (χ2n) is 10.3. The molecule has 6 rings (SSSR count). The molecular weight excluding hydrogens is 469 g/mol. The van der Waals surface area contributed by atoms with Gasteiger partial charge in [-0.2, -0.15) is 0 Å². The van der Waals surface area contributed by atoms with E-state index in [-0.39, 0.29) is 11.7 Å². The quantitative estimate of drug-likeness (QED) is 0.394. The van der Waals surface area contributed by atoms with Gasteiger partial charge in [0.1, 0.15) is 17.2 Å². The first-order valence-electron chi connectivity index (χ1n) is 13.3. The standard InChI is InChI=1S/C29H32FN5O2/c30-22-3-5-23(6-4-22)37-19-21-2-1-13-35(18-21)27(36)16-20-9-14-34(15-10-20)26-8-12-31-25-17-33-29-24(28(25)26)7-11-32-29/h3-8,11-12,17,20-21H,1-2,9-10,13-16,18-19H2,(H,32,33). The van der Waals surface area contributed by atoms with Crippen molar-refractivity contribution in [3.63, 3.8) is 0 Å². The first-order valence-corrected chi connectivity index (χ1v) is 13.3. The molecule has 1 unspecified atom stereocenters. The van der Waals surface area contributed by atoms with Gasteiger partial charge in [0.05, 0.1) is 18.3 Å². The summed E-state index contributed by atoms with van der Waals surface area (Å²) in [5.74, 6) is 1.38. The van der Waals surface area contributed by atoms with Crippen LogP contribution >= 0.6 is 0 Å². The van der Waals surface area contributed by atoms with E-state index in [1.807, 2.05) is 23.5 Å². The Morgan fingerprint density at radius 2 is 1.86 bits per heavy atom. The largest absolute Gasteiger partial charge is 0.493 e. The summed E-state index contributed by atoms with van der Waals surface area (Å²) in [7, 11) is 0. The third-order valence-electron chi connectivity index (χ3n) is 7.86. The summed E-state index contributed by atoms with van der Waals surface area (Å²) >= 11 is 0. The van der Waals surface area contributed by atoms with Gasteiger partial charge in [0.15, 0.2) is 0 Å². The maximum atomic E-state index is 13.2. The Balaban J connectivity index is 1.03. The Morgan fingerprint density at radius 1 is 1.03 bits per heavy atom. The molecule has 1 N–H and O–H groups in total. The highest BCUT2D eigenvalue weighted by molar-refractivity contribution is 6.09. The normalized spacial score (nSPS) is 19.0. The molecule has 2 fully saturated rings. The number of hydrogen-bond acceptors (Lipinski definition) is 5. The number of nitrogens with one attached hydrogen (secondary N) is 1. The fraction of sp³-hybridized carbons (Fsp3) is 0.414. The number of anilines is 1. The number of H-pyrrole nitrogens is 1. The van der Waals surface area contributed by atoms with E-state index < -0.39 is 0 Å². The molecule has 0 spiro atoms. The first kappa shape index (κ1) is 23.7. The molecule has 3 aromatic heterocycles. The second-order valence-corrected chi connectivity index (χ2v) is 10.3. The lowest BCUT2D eigenvalue weighted by molar-refractivity contribution is -0.134.